The van der Waals surface area contributed by atoms with Crippen LogP contribution >= 0.6 is 24.0 Å². The number of hydrogen-bond acceptors (Lipinski definition) is 5. The van der Waals surface area contributed by atoms with Crippen molar-refractivity contribution in [3.63, 3.8) is 0 Å². The van der Waals surface area contributed by atoms with Crippen LogP contribution in [0.2, 0.25) is 0 Å². The molecular weight excluding hydrogens is 631 g/mol. The third-order valence-corrected chi connectivity index (χ3v) is 6.92. The van der Waals surface area contributed by atoms with Crippen LogP contribution in [0.1, 0.15) is 41.8 Å². The number of hydrogen-bond donors (Lipinski definition) is 1. The summed E-state index contributed by atoms with van der Waals surface area (Å²) < 4.78 is 78.9. The third kappa shape index (κ3) is 8.64. The van der Waals surface area contributed by atoms with Crippen molar-refractivity contribution in [1.29, 1.82) is 0 Å². The Balaban J connectivity index is 0.000000361. The van der Waals surface area contributed by atoms with E-state index in [9.17, 15) is 35.6 Å². The average Bonchev–Trinajstić information content (AvgIpc) is 3.68. The van der Waals surface area contributed by atoms with Crippen molar-refractivity contribution >= 4 is 46.1 Å². The zero-order valence-electron chi connectivity index (χ0n) is 19.8. The summed E-state index contributed by atoms with van der Waals surface area (Å²) in [5.41, 5.74) is -0.512. The van der Waals surface area contributed by atoms with Gasteiger partial charge in [0.05, 0.1) is 29.7 Å². The summed E-state index contributed by atoms with van der Waals surface area (Å²) in [6.07, 6.45) is -1.31. The van der Waals surface area contributed by atoms with Crippen molar-refractivity contribution in [2.24, 2.45) is 5.92 Å². The normalized spacial score (nSPS) is 16.5. The van der Waals surface area contributed by atoms with Crippen molar-refractivity contribution in [2.75, 3.05) is 32.6 Å². The maximum atomic E-state index is 13.7. The molecule has 1 saturated carbocycles. The molecule has 0 bridgehead atoms. The average molecular weight is 660 g/mol. The molecule has 0 unspecified atom stereocenters. The van der Waals surface area contributed by atoms with E-state index >= 15 is 0 Å². The summed E-state index contributed by atoms with van der Waals surface area (Å²) in [6, 6.07) is 7.99. The second-order valence-electron chi connectivity index (χ2n) is 8.54. The highest BCUT2D eigenvalue weighted by Crippen LogP contribution is 2.42. The molecule has 13 heteroatoms. The lowest BCUT2D eigenvalue weighted by molar-refractivity contribution is -0.137. The molecule has 7 nitrogen and oxygen atoms in total. The number of carbonyl (C=O) groups excluding carboxylic acids is 2. The zero-order valence-corrected chi connectivity index (χ0v) is 23.0. The van der Waals surface area contributed by atoms with E-state index in [4.69, 9.17) is 4.74 Å². The molecule has 4 rings (SSSR count). The quantitative estimate of drug-likeness (QED) is 0.281. The van der Waals surface area contributed by atoms with E-state index in [-0.39, 0.29) is 47.7 Å². The van der Waals surface area contributed by atoms with E-state index in [1.54, 1.807) is 17.0 Å². The number of halogens is 5. The largest absolute Gasteiger partial charge is 0.416 e. The van der Waals surface area contributed by atoms with Crippen LogP contribution in [0.4, 0.5) is 17.6 Å². The zero-order chi connectivity index (χ0) is 26.5. The number of amides is 2. The lowest BCUT2D eigenvalue weighted by atomic mass is 10.00. The van der Waals surface area contributed by atoms with E-state index < -0.39 is 33.4 Å². The van der Waals surface area contributed by atoms with Gasteiger partial charge in [0.25, 0.3) is 5.91 Å². The second kappa shape index (κ2) is 13.0. The SMILES string of the molecule is CS(=O)(=O)c1cccc(C(=O)N2CCOCC2)c1.I.O=CN[C@@H](c1ccc(C(F)(F)F)cc1F)C1CC1.[HH]. The van der Waals surface area contributed by atoms with Gasteiger partial charge in [0.15, 0.2) is 9.84 Å². The number of carbonyl (C=O) groups is 2. The van der Waals surface area contributed by atoms with Gasteiger partial charge >= 0.3 is 6.18 Å². The van der Waals surface area contributed by atoms with E-state index in [1.165, 1.54) is 12.1 Å². The fourth-order valence-corrected chi connectivity index (χ4v) is 4.41. The Kier molecular flexibility index (Phi) is 10.9. The Hall–Kier alpha value is -2.26. The number of alkyl halides is 3. The van der Waals surface area contributed by atoms with Crippen LogP contribution in [0.15, 0.2) is 47.4 Å². The molecule has 2 fully saturated rings. The van der Waals surface area contributed by atoms with Crippen LogP contribution in [0.5, 0.6) is 0 Å². The van der Waals surface area contributed by atoms with Gasteiger partial charge in [0, 0.05) is 31.9 Å². The third-order valence-electron chi connectivity index (χ3n) is 5.81. The molecule has 1 heterocycles. The van der Waals surface area contributed by atoms with Gasteiger partial charge in [-0.05, 0) is 49.1 Å². The molecule has 2 amide bonds. The lowest BCUT2D eigenvalue weighted by Crippen LogP contribution is -2.40. The Labute approximate surface area is 231 Å². The molecule has 2 aliphatic rings. The van der Waals surface area contributed by atoms with Gasteiger partial charge in [0.2, 0.25) is 6.41 Å². The van der Waals surface area contributed by atoms with E-state index in [0.717, 1.165) is 31.2 Å². The summed E-state index contributed by atoms with van der Waals surface area (Å²) >= 11 is 0. The summed E-state index contributed by atoms with van der Waals surface area (Å²) in [4.78, 5) is 24.4. The first-order valence-electron chi connectivity index (χ1n) is 11.2. The topological polar surface area (TPSA) is 92.8 Å². The van der Waals surface area contributed by atoms with Crippen LogP contribution < -0.4 is 5.32 Å². The van der Waals surface area contributed by atoms with Gasteiger partial charge in [-0.15, -0.1) is 24.0 Å². The van der Waals surface area contributed by atoms with Gasteiger partial charge in [-0.25, -0.2) is 12.8 Å². The van der Waals surface area contributed by atoms with E-state index in [1.807, 2.05) is 0 Å². The van der Waals surface area contributed by atoms with Crippen molar-refractivity contribution < 1.29 is 41.7 Å². The van der Waals surface area contributed by atoms with Crippen LogP contribution in [0, 0.1) is 11.7 Å². The Bertz CT molecular complexity index is 1210. The predicted octanol–water partition coefficient (Wildman–Crippen LogP) is 4.47. The number of morpholine rings is 1. The van der Waals surface area contributed by atoms with Crippen LogP contribution in [-0.2, 0) is 25.5 Å². The first-order valence-corrected chi connectivity index (χ1v) is 13.0. The molecule has 1 saturated heterocycles. The molecule has 206 valence electrons. The molecule has 2 aromatic rings. The molecule has 0 spiro atoms. The highest BCUT2D eigenvalue weighted by molar-refractivity contribution is 14.0. The molecule has 37 heavy (non-hydrogen) atoms. The minimum Gasteiger partial charge on any atom is -0.378 e. The van der Waals surface area contributed by atoms with Gasteiger partial charge in [-0.2, -0.15) is 13.2 Å². The summed E-state index contributed by atoms with van der Waals surface area (Å²) in [5.74, 6) is -0.971. The maximum absolute atomic E-state index is 13.7. The summed E-state index contributed by atoms with van der Waals surface area (Å²) in [6.45, 7) is 2.14. The highest BCUT2D eigenvalue weighted by atomic mass is 127. The van der Waals surface area contributed by atoms with Crippen LogP contribution in [-0.4, -0.2) is 58.2 Å². The Morgan fingerprint density at radius 2 is 1.81 bits per heavy atom. The lowest BCUT2D eigenvalue weighted by Gasteiger charge is -2.26. The summed E-state index contributed by atoms with van der Waals surface area (Å²) in [5, 5.41) is 2.46. The molecule has 1 N–H and O–H groups in total. The molecule has 0 radical (unpaired) electrons. The molecule has 1 aliphatic carbocycles. The Morgan fingerprint density at radius 3 is 2.32 bits per heavy atom. The van der Waals surface area contributed by atoms with E-state index in [0.29, 0.717) is 44.3 Å². The smallest absolute Gasteiger partial charge is 0.378 e. The van der Waals surface area contributed by atoms with Gasteiger partial charge in [0.1, 0.15) is 5.82 Å². The highest BCUT2D eigenvalue weighted by Gasteiger charge is 2.36. The second-order valence-corrected chi connectivity index (χ2v) is 10.6. The number of sulfone groups is 1. The van der Waals surface area contributed by atoms with Gasteiger partial charge in [-0.3, -0.25) is 9.59 Å². The number of nitrogens with one attached hydrogen (secondary N) is 1. The number of ether oxygens (including phenoxy) is 1. The Morgan fingerprint density at radius 1 is 1.16 bits per heavy atom. The van der Waals surface area contributed by atoms with Crippen LogP contribution in [0.3, 0.4) is 0 Å². The van der Waals surface area contributed by atoms with E-state index in [2.05, 4.69) is 5.32 Å². The molecule has 1 atom stereocenters. The standard InChI is InChI=1S/C12H11F4NO.C12H15NO4S.HI.H2/c13-10-5-8(12(14,15)16)3-4-9(10)11(17-6-18)7-1-2-7;1-18(15,16)11-4-2-3-10(9-11)12(14)13-5-7-17-8-6-13;;/h3-7,11H,1-2H2,(H,17,18);2-4,9H,5-8H2,1H3;2*1H/t11-;;;/m1.../s1. The van der Waals surface area contributed by atoms with Gasteiger partial charge < -0.3 is 15.0 Å². The minimum atomic E-state index is -4.56. The number of rotatable bonds is 6. The molecule has 0 aromatic heterocycles. The summed E-state index contributed by atoms with van der Waals surface area (Å²) in [7, 11) is -3.28. The maximum Gasteiger partial charge on any atom is 0.416 e. The fourth-order valence-electron chi connectivity index (χ4n) is 3.75. The van der Waals surface area contributed by atoms with Crippen LogP contribution in [0.25, 0.3) is 0 Å². The molecule has 1 aliphatic heterocycles. The minimum absolute atomic E-state index is 0. The first kappa shape index (κ1) is 31.0. The van der Waals surface area contributed by atoms with Crippen molar-refractivity contribution in [1.82, 2.24) is 10.2 Å². The van der Waals surface area contributed by atoms with Crippen molar-refractivity contribution in [2.45, 2.75) is 30.0 Å². The van der Waals surface area contributed by atoms with Crippen molar-refractivity contribution in [3.05, 3.63) is 65.0 Å². The van der Waals surface area contributed by atoms with Crippen molar-refractivity contribution in [3.8, 4) is 0 Å². The number of nitrogens with zero attached hydrogens (tertiary/aromatic N) is 1. The number of benzene rings is 2. The van der Waals surface area contributed by atoms with Gasteiger partial charge in [-0.1, -0.05) is 12.1 Å². The molecule has 2 aromatic carbocycles. The first-order chi connectivity index (χ1) is 16.9. The fraction of sp³-hybridized carbons (Fsp3) is 0.417. The monoisotopic (exact) mass is 660 g/mol. The predicted molar refractivity (Wildman–Crippen MR) is 140 cm³/mol. The molecular formula is C24H29F4IN2O5S.